The molecule has 1 amide bonds. The molecule has 1 fully saturated rings. The van der Waals surface area contributed by atoms with E-state index in [0.29, 0.717) is 11.3 Å². The van der Waals surface area contributed by atoms with Crippen LogP contribution in [0, 0.1) is 6.92 Å². The van der Waals surface area contributed by atoms with E-state index in [9.17, 15) is 9.59 Å². The van der Waals surface area contributed by atoms with Gasteiger partial charge in [-0.15, -0.1) is 0 Å². The highest BCUT2D eigenvalue weighted by Gasteiger charge is 2.19. The second-order valence-corrected chi connectivity index (χ2v) is 4.52. The van der Waals surface area contributed by atoms with Crippen LogP contribution in [-0.2, 0) is 9.53 Å². The lowest BCUT2D eigenvalue weighted by molar-refractivity contribution is -0.124. The molecule has 5 nitrogen and oxygen atoms in total. The monoisotopic (exact) mass is 251 g/mol. The first-order chi connectivity index (χ1) is 8.66. The zero-order chi connectivity index (χ0) is 13.0. The molecule has 0 bridgehead atoms. The van der Waals surface area contributed by atoms with Crippen molar-refractivity contribution in [3.05, 3.63) is 23.7 Å². The number of aryl methyl sites for hydroxylation is 1. The number of hydrogen-bond donors (Lipinski definition) is 1. The summed E-state index contributed by atoms with van der Waals surface area (Å²) in [5.74, 6) is -0.268. The van der Waals surface area contributed by atoms with E-state index in [-0.39, 0.29) is 18.6 Å². The molecule has 1 aliphatic carbocycles. The van der Waals surface area contributed by atoms with Crippen molar-refractivity contribution >= 4 is 11.9 Å². The zero-order valence-corrected chi connectivity index (χ0v) is 10.4. The van der Waals surface area contributed by atoms with E-state index in [2.05, 4.69) is 5.32 Å². The smallest absolute Gasteiger partial charge is 0.342 e. The van der Waals surface area contributed by atoms with Crippen molar-refractivity contribution in [2.24, 2.45) is 0 Å². The molecule has 1 saturated carbocycles. The Bertz CT molecular complexity index is 432. The van der Waals surface area contributed by atoms with Gasteiger partial charge in [-0.1, -0.05) is 12.8 Å². The second-order valence-electron chi connectivity index (χ2n) is 4.52. The van der Waals surface area contributed by atoms with Crippen LogP contribution in [0.3, 0.4) is 0 Å². The number of carbonyl (C=O) groups excluding carboxylic acids is 2. The summed E-state index contributed by atoms with van der Waals surface area (Å²) in [6, 6.07) is 1.78. The number of furan rings is 1. The molecule has 0 unspecified atom stereocenters. The Morgan fingerprint density at radius 3 is 2.78 bits per heavy atom. The fraction of sp³-hybridized carbons (Fsp3) is 0.538. The van der Waals surface area contributed by atoms with Crippen LogP contribution >= 0.6 is 0 Å². The van der Waals surface area contributed by atoms with Gasteiger partial charge in [0.1, 0.15) is 11.3 Å². The summed E-state index contributed by atoms with van der Waals surface area (Å²) < 4.78 is 9.93. The van der Waals surface area contributed by atoms with Crippen LogP contribution in [0.4, 0.5) is 0 Å². The van der Waals surface area contributed by atoms with Crippen molar-refractivity contribution in [1.29, 1.82) is 0 Å². The lowest BCUT2D eigenvalue weighted by Crippen LogP contribution is -2.35. The maximum Gasteiger partial charge on any atom is 0.342 e. The fourth-order valence-electron chi connectivity index (χ4n) is 2.15. The number of esters is 1. The van der Waals surface area contributed by atoms with Gasteiger partial charge in [0.15, 0.2) is 6.61 Å². The summed E-state index contributed by atoms with van der Waals surface area (Å²) in [5, 5.41) is 2.85. The number of nitrogens with one attached hydrogen (secondary N) is 1. The minimum Gasteiger partial charge on any atom is -0.469 e. The number of amides is 1. The molecule has 0 atom stereocenters. The molecule has 0 radical (unpaired) electrons. The largest absolute Gasteiger partial charge is 0.469 e. The Morgan fingerprint density at radius 2 is 2.17 bits per heavy atom. The van der Waals surface area contributed by atoms with Crippen molar-refractivity contribution in [2.75, 3.05) is 6.61 Å². The van der Waals surface area contributed by atoms with Gasteiger partial charge in [-0.2, -0.15) is 0 Å². The van der Waals surface area contributed by atoms with Crippen molar-refractivity contribution in [2.45, 2.75) is 38.6 Å². The first kappa shape index (κ1) is 12.7. The third-order valence-electron chi connectivity index (χ3n) is 3.13. The molecule has 2 rings (SSSR count). The molecule has 18 heavy (non-hydrogen) atoms. The van der Waals surface area contributed by atoms with Gasteiger partial charge in [-0.3, -0.25) is 4.79 Å². The minimum atomic E-state index is -0.525. The maximum absolute atomic E-state index is 11.6. The third-order valence-corrected chi connectivity index (χ3v) is 3.13. The summed E-state index contributed by atoms with van der Waals surface area (Å²) in [4.78, 5) is 23.2. The highest BCUT2D eigenvalue weighted by molar-refractivity contribution is 5.92. The maximum atomic E-state index is 11.6. The molecular formula is C13H17NO4. The van der Waals surface area contributed by atoms with Crippen LogP contribution in [0.2, 0.25) is 0 Å². The quantitative estimate of drug-likeness (QED) is 0.828. The SMILES string of the molecule is Cc1occc1C(=O)OCC(=O)NC1CCCC1. The molecule has 0 aliphatic heterocycles. The van der Waals surface area contributed by atoms with Gasteiger partial charge in [-0.25, -0.2) is 4.79 Å². The van der Waals surface area contributed by atoms with E-state index in [1.54, 1.807) is 6.92 Å². The topological polar surface area (TPSA) is 68.5 Å². The lowest BCUT2D eigenvalue weighted by atomic mass is 10.2. The Kier molecular flexibility index (Phi) is 4.02. The first-order valence-corrected chi connectivity index (χ1v) is 6.17. The highest BCUT2D eigenvalue weighted by Crippen LogP contribution is 2.17. The molecular weight excluding hydrogens is 234 g/mol. The van der Waals surface area contributed by atoms with Crippen LogP contribution in [0.5, 0.6) is 0 Å². The van der Waals surface area contributed by atoms with Crippen LogP contribution in [0.25, 0.3) is 0 Å². The molecule has 1 aromatic rings. The molecule has 0 spiro atoms. The Balaban J connectivity index is 1.75. The number of rotatable bonds is 4. The predicted octanol–water partition coefficient (Wildman–Crippen LogP) is 1.80. The molecule has 1 aliphatic rings. The zero-order valence-electron chi connectivity index (χ0n) is 10.4. The van der Waals surface area contributed by atoms with Crippen LogP contribution in [0.15, 0.2) is 16.7 Å². The van der Waals surface area contributed by atoms with Crippen molar-refractivity contribution in [3.63, 3.8) is 0 Å². The molecule has 0 aromatic carbocycles. The fourth-order valence-corrected chi connectivity index (χ4v) is 2.15. The average Bonchev–Trinajstić information content (AvgIpc) is 2.97. The summed E-state index contributed by atoms with van der Waals surface area (Å²) in [5.41, 5.74) is 0.365. The summed E-state index contributed by atoms with van der Waals surface area (Å²) in [7, 11) is 0. The summed E-state index contributed by atoms with van der Waals surface area (Å²) in [6.45, 7) is 1.44. The van der Waals surface area contributed by atoms with Gasteiger partial charge >= 0.3 is 5.97 Å². The molecule has 0 saturated heterocycles. The number of hydrogen-bond acceptors (Lipinski definition) is 4. The van der Waals surface area contributed by atoms with E-state index in [1.165, 1.54) is 12.3 Å². The Labute approximate surface area is 105 Å². The Hall–Kier alpha value is -1.78. The van der Waals surface area contributed by atoms with Gasteiger partial charge < -0.3 is 14.5 Å². The average molecular weight is 251 g/mol. The van der Waals surface area contributed by atoms with Gasteiger partial charge in [0.05, 0.1) is 6.26 Å². The lowest BCUT2D eigenvalue weighted by Gasteiger charge is -2.11. The molecule has 98 valence electrons. The normalized spacial score (nSPS) is 15.6. The van der Waals surface area contributed by atoms with Crippen LogP contribution < -0.4 is 5.32 Å². The number of carbonyl (C=O) groups is 2. The van der Waals surface area contributed by atoms with Crippen molar-refractivity contribution < 1.29 is 18.7 Å². The third kappa shape index (κ3) is 3.12. The van der Waals surface area contributed by atoms with Crippen LogP contribution in [-0.4, -0.2) is 24.5 Å². The molecule has 1 heterocycles. The van der Waals surface area contributed by atoms with E-state index in [1.807, 2.05) is 0 Å². The van der Waals surface area contributed by atoms with Crippen molar-refractivity contribution in [3.8, 4) is 0 Å². The van der Waals surface area contributed by atoms with Gasteiger partial charge in [0, 0.05) is 6.04 Å². The molecule has 1 N–H and O–H groups in total. The van der Waals surface area contributed by atoms with E-state index in [4.69, 9.17) is 9.15 Å². The van der Waals surface area contributed by atoms with E-state index < -0.39 is 5.97 Å². The van der Waals surface area contributed by atoms with Gasteiger partial charge in [0.25, 0.3) is 5.91 Å². The second kappa shape index (κ2) is 5.71. The van der Waals surface area contributed by atoms with Gasteiger partial charge in [-0.05, 0) is 25.8 Å². The van der Waals surface area contributed by atoms with Gasteiger partial charge in [0.2, 0.25) is 0 Å². The summed E-state index contributed by atoms with van der Waals surface area (Å²) in [6.07, 6.45) is 5.75. The van der Waals surface area contributed by atoms with Crippen LogP contribution in [0.1, 0.15) is 41.8 Å². The Morgan fingerprint density at radius 1 is 1.44 bits per heavy atom. The molecule has 5 heteroatoms. The predicted molar refractivity (Wildman–Crippen MR) is 64.1 cm³/mol. The standard InChI is InChI=1S/C13H17NO4/c1-9-11(6-7-17-9)13(16)18-8-12(15)14-10-4-2-3-5-10/h6-7,10H,2-5,8H2,1H3,(H,14,15). The molecule has 1 aromatic heterocycles. The summed E-state index contributed by atoms with van der Waals surface area (Å²) >= 11 is 0. The van der Waals surface area contributed by atoms with Crippen molar-refractivity contribution in [1.82, 2.24) is 5.32 Å². The number of ether oxygens (including phenoxy) is 1. The van der Waals surface area contributed by atoms with E-state index >= 15 is 0 Å². The van der Waals surface area contributed by atoms with E-state index in [0.717, 1.165) is 25.7 Å². The minimum absolute atomic E-state index is 0.236. The first-order valence-electron chi connectivity index (χ1n) is 6.17. The highest BCUT2D eigenvalue weighted by atomic mass is 16.5.